The molecule has 8 nitrogen and oxygen atoms in total. The zero-order valence-corrected chi connectivity index (χ0v) is 15.7. The molecule has 4 rings (SSSR count). The number of imidazole rings is 1. The van der Waals surface area contributed by atoms with Crippen LogP contribution in [0.15, 0.2) is 24.8 Å². The summed E-state index contributed by atoms with van der Waals surface area (Å²) in [5.41, 5.74) is 0.421. The third kappa shape index (κ3) is 3.66. The average Bonchev–Trinajstić information content (AvgIpc) is 3.39. The SMILES string of the molecule is Cn1ccnc1C(O)C1CCN(c2cncc(C(=O)N3CCCC3)n2)CC1. The molecule has 1 atom stereocenters. The number of aliphatic hydroxyl groups is 1. The minimum atomic E-state index is -0.554. The highest BCUT2D eigenvalue weighted by atomic mass is 16.3. The number of hydrogen-bond acceptors (Lipinski definition) is 6. The predicted octanol–water partition coefficient (Wildman–Crippen LogP) is 1.40. The van der Waals surface area contributed by atoms with Crippen molar-refractivity contribution in [1.29, 1.82) is 0 Å². The monoisotopic (exact) mass is 370 g/mol. The number of aliphatic hydroxyl groups excluding tert-OH is 1. The maximum Gasteiger partial charge on any atom is 0.274 e. The number of anilines is 1. The molecule has 8 heteroatoms. The Labute approximate surface area is 158 Å². The molecule has 0 aromatic carbocycles. The number of aromatic nitrogens is 4. The summed E-state index contributed by atoms with van der Waals surface area (Å²) in [6.07, 6.45) is 10.1. The number of carbonyl (C=O) groups excluding carboxylic acids is 1. The Bertz CT molecular complexity index is 793. The van der Waals surface area contributed by atoms with Gasteiger partial charge >= 0.3 is 0 Å². The van der Waals surface area contributed by atoms with Crippen LogP contribution in [0.25, 0.3) is 0 Å². The van der Waals surface area contributed by atoms with Gasteiger partial charge in [-0.1, -0.05) is 0 Å². The number of aryl methyl sites for hydroxylation is 1. The maximum atomic E-state index is 12.5. The molecule has 27 heavy (non-hydrogen) atoms. The van der Waals surface area contributed by atoms with Gasteiger partial charge in [0.05, 0.1) is 12.4 Å². The van der Waals surface area contributed by atoms with Gasteiger partial charge < -0.3 is 19.5 Å². The van der Waals surface area contributed by atoms with Crippen LogP contribution in [0.5, 0.6) is 0 Å². The number of rotatable bonds is 4. The summed E-state index contributed by atoms with van der Waals surface area (Å²) in [7, 11) is 1.90. The lowest BCUT2D eigenvalue weighted by atomic mass is 9.91. The van der Waals surface area contributed by atoms with Gasteiger partial charge in [0.1, 0.15) is 23.4 Å². The highest BCUT2D eigenvalue weighted by Crippen LogP contribution is 2.31. The molecule has 2 aliphatic heterocycles. The van der Waals surface area contributed by atoms with Crippen LogP contribution in [-0.4, -0.2) is 61.6 Å². The van der Waals surface area contributed by atoms with Crippen molar-refractivity contribution >= 4 is 11.7 Å². The molecule has 2 saturated heterocycles. The van der Waals surface area contributed by atoms with Crippen LogP contribution < -0.4 is 4.90 Å². The minimum Gasteiger partial charge on any atom is -0.385 e. The Morgan fingerprint density at radius 1 is 1.19 bits per heavy atom. The smallest absolute Gasteiger partial charge is 0.274 e. The molecule has 2 aromatic heterocycles. The standard InChI is InChI=1S/C19H26N6O2/c1-23-11-6-21-18(23)17(26)14-4-9-24(10-5-14)16-13-20-12-15(22-16)19(27)25-7-2-3-8-25/h6,11-14,17,26H,2-5,7-10H2,1H3. The Morgan fingerprint density at radius 2 is 1.93 bits per heavy atom. The highest BCUT2D eigenvalue weighted by Gasteiger charge is 2.29. The van der Waals surface area contributed by atoms with E-state index in [1.54, 1.807) is 18.6 Å². The Kier molecular flexibility index (Phi) is 5.07. The van der Waals surface area contributed by atoms with Crippen molar-refractivity contribution in [3.8, 4) is 0 Å². The van der Waals surface area contributed by atoms with Crippen molar-refractivity contribution in [2.75, 3.05) is 31.1 Å². The summed E-state index contributed by atoms with van der Waals surface area (Å²) in [5, 5.41) is 10.6. The molecular formula is C19H26N6O2. The molecule has 2 fully saturated rings. The number of hydrogen-bond donors (Lipinski definition) is 1. The Morgan fingerprint density at radius 3 is 2.59 bits per heavy atom. The molecule has 0 bridgehead atoms. The van der Waals surface area contributed by atoms with E-state index in [0.29, 0.717) is 11.5 Å². The maximum absolute atomic E-state index is 12.5. The molecule has 144 valence electrons. The van der Waals surface area contributed by atoms with Gasteiger partial charge in [0, 0.05) is 45.6 Å². The number of carbonyl (C=O) groups is 1. The van der Waals surface area contributed by atoms with Crippen LogP contribution in [0, 0.1) is 5.92 Å². The van der Waals surface area contributed by atoms with Crippen LogP contribution >= 0.6 is 0 Å². The van der Waals surface area contributed by atoms with Gasteiger partial charge in [0.2, 0.25) is 0 Å². The van der Waals surface area contributed by atoms with Crippen molar-refractivity contribution < 1.29 is 9.90 Å². The molecule has 0 aliphatic carbocycles. The third-order valence-corrected chi connectivity index (χ3v) is 5.67. The van der Waals surface area contributed by atoms with Gasteiger partial charge in [-0.05, 0) is 31.6 Å². The first-order chi connectivity index (χ1) is 13.1. The van der Waals surface area contributed by atoms with Gasteiger partial charge in [0.15, 0.2) is 0 Å². The number of amides is 1. The Balaban J connectivity index is 1.40. The fourth-order valence-corrected chi connectivity index (χ4v) is 4.01. The second kappa shape index (κ2) is 7.64. The van der Waals surface area contributed by atoms with E-state index in [-0.39, 0.29) is 11.8 Å². The minimum absolute atomic E-state index is 0.0260. The van der Waals surface area contributed by atoms with Gasteiger partial charge in [-0.25, -0.2) is 9.97 Å². The zero-order valence-electron chi connectivity index (χ0n) is 15.7. The van der Waals surface area contributed by atoms with Crippen LogP contribution in [0.4, 0.5) is 5.82 Å². The second-order valence-corrected chi connectivity index (χ2v) is 7.43. The largest absolute Gasteiger partial charge is 0.385 e. The molecule has 2 aliphatic rings. The highest BCUT2D eigenvalue weighted by molar-refractivity contribution is 5.92. The molecular weight excluding hydrogens is 344 g/mol. The fourth-order valence-electron chi connectivity index (χ4n) is 4.01. The van der Waals surface area contributed by atoms with E-state index in [4.69, 9.17) is 0 Å². The number of likely N-dealkylation sites (tertiary alicyclic amines) is 1. The van der Waals surface area contributed by atoms with E-state index >= 15 is 0 Å². The van der Waals surface area contributed by atoms with Gasteiger partial charge in [0.25, 0.3) is 5.91 Å². The zero-order chi connectivity index (χ0) is 18.8. The predicted molar refractivity (Wildman–Crippen MR) is 100 cm³/mol. The summed E-state index contributed by atoms with van der Waals surface area (Å²) < 4.78 is 1.87. The normalized spacial score (nSPS) is 19.5. The number of nitrogens with zero attached hydrogens (tertiary/aromatic N) is 6. The molecule has 0 radical (unpaired) electrons. The second-order valence-electron chi connectivity index (χ2n) is 7.43. The van der Waals surface area contributed by atoms with Crippen LogP contribution in [0.2, 0.25) is 0 Å². The lowest BCUT2D eigenvalue weighted by molar-refractivity contribution is 0.0786. The lowest BCUT2D eigenvalue weighted by Gasteiger charge is -2.34. The van der Waals surface area contributed by atoms with E-state index in [2.05, 4.69) is 19.9 Å². The van der Waals surface area contributed by atoms with Crippen LogP contribution in [0.3, 0.4) is 0 Å². The Hall–Kier alpha value is -2.48. The molecule has 1 N–H and O–H groups in total. The summed E-state index contributed by atoms with van der Waals surface area (Å²) in [5.74, 6) is 1.60. The molecule has 4 heterocycles. The first-order valence-corrected chi connectivity index (χ1v) is 9.65. The van der Waals surface area contributed by atoms with Crippen LogP contribution in [-0.2, 0) is 7.05 Å². The molecule has 1 unspecified atom stereocenters. The van der Waals surface area contributed by atoms with Crippen molar-refractivity contribution in [1.82, 2.24) is 24.4 Å². The van der Waals surface area contributed by atoms with Crippen LogP contribution in [0.1, 0.15) is 48.1 Å². The van der Waals surface area contributed by atoms with Crippen molar-refractivity contribution in [2.45, 2.75) is 31.8 Å². The van der Waals surface area contributed by atoms with E-state index < -0.39 is 6.10 Å². The number of piperidine rings is 1. The molecule has 0 saturated carbocycles. The van der Waals surface area contributed by atoms with E-state index in [0.717, 1.165) is 57.7 Å². The van der Waals surface area contributed by atoms with Gasteiger partial charge in [-0.3, -0.25) is 9.78 Å². The molecule has 0 spiro atoms. The topological polar surface area (TPSA) is 87.4 Å². The summed E-state index contributed by atoms with van der Waals surface area (Å²) in [6, 6.07) is 0. The first-order valence-electron chi connectivity index (χ1n) is 9.65. The fraction of sp³-hybridized carbons (Fsp3) is 0.579. The summed E-state index contributed by atoms with van der Waals surface area (Å²) in [4.78, 5) is 29.6. The summed E-state index contributed by atoms with van der Waals surface area (Å²) >= 11 is 0. The van der Waals surface area contributed by atoms with E-state index in [1.165, 1.54) is 0 Å². The van der Waals surface area contributed by atoms with E-state index in [1.807, 2.05) is 22.7 Å². The average molecular weight is 370 g/mol. The quantitative estimate of drug-likeness (QED) is 0.875. The third-order valence-electron chi connectivity index (χ3n) is 5.67. The summed E-state index contributed by atoms with van der Waals surface area (Å²) in [6.45, 7) is 3.17. The van der Waals surface area contributed by atoms with Crippen molar-refractivity contribution in [3.63, 3.8) is 0 Å². The lowest BCUT2D eigenvalue weighted by Crippen LogP contribution is -2.37. The van der Waals surface area contributed by atoms with Gasteiger partial charge in [-0.2, -0.15) is 0 Å². The first kappa shape index (κ1) is 17.9. The van der Waals surface area contributed by atoms with Crippen molar-refractivity contribution in [2.24, 2.45) is 13.0 Å². The van der Waals surface area contributed by atoms with Crippen molar-refractivity contribution in [3.05, 3.63) is 36.3 Å². The van der Waals surface area contributed by atoms with Gasteiger partial charge in [-0.15, -0.1) is 0 Å². The molecule has 2 aromatic rings. The molecule has 1 amide bonds. The van der Waals surface area contributed by atoms with E-state index in [9.17, 15) is 9.90 Å².